The molecule has 1 unspecified atom stereocenters. The van der Waals surface area contributed by atoms with E-state index in [1.54, 1.807) is 0 Å². The molecule has 94 valence electrons. The van der Waals surface area contributed by atoms with Gasteiger partial charge in [-0.25, -0.2) is 0 Å². The summed E-state index contributed by atoms with van der Waals surface area (Å²) in [5.41, 5.74) is 0. The van der Waals surface area contributed by atoms with E-state index < -0.39 is 0 Å². The Hall–Kier alpha value is -0.570. The van der Waals surface area contributed by atoms with Gasteiger partial charge in [0.25, 0.3) is 0 Å². The van der Waals surface area contributed by atoms with Crippen LogP contribution in [0.15, 0.2) is 0 Å². The van der Waals surface area contributed by atoms with E-state index in [2.05, 4.69) is 6.92 Å². The minimum atomic E-state index is 0.123. The van der Waals surface area contributed by atoms with E-state index in [9.17, 15) is 4.79 Å². The maximum Gasteiger partial charge on any atom is 0.222 e. The molecule has 1 amide bonds. The average Bonchev–Trinajstić information content (AvgIpc) is 2.52. The van der Waals surface area contributed by atoms with E-state index in [0.717, 1.165) is 25.4 Å². The molecule has 3 nitrogen and oxygen atoms in total. The van der Waals surface area contributed by atoms with Crippen LogP contribution in [0.3, 0.4) is 0 Å². The SMILES string of the molecule is CCCC1CCCN(C(=O)CCCO)CC1. The summed E-state index contributed by atoms with van der Waals surface area (Å²) in [6.07, 6.45) is 7.26. The van der Waals surface area contributed by atoms with Crippen molar-refractivity contribution < 1.29 is 9.90 Å². The highest BCUT2D eigenvalue weighted by Gasteiger charge is 2.19. The summed E-state index contributed by atoms with van der Waals surface area (Å²) in [6, 6.07) is 0. The van der Waals surface area contributed by atoms with Crippen LogP contribution in [0.1, 0.15) is 51.9 Å². The van der Waals surface area contributed by atoms with Crippen LogP contribution in [0, 0.1) is 5.92 Å². The van der Waals surface area contributed by atoms with Gasteiger partial charge in [0.2, 0.25) is 5.91 Å². The molecule has 1 saturated heterocycles. The number of nitrogens with zero attached hydrogens (tertiary/aromatic N) is 1. The van der Waals surface area contributed by atoms with Crippen molar-refractivity contribution in [2.75, 3.05) is 19.7 Å². The first-order chi connectivity index (χ1) is 7.77. The molecule has 1 heterocycles. The Labute approximate surface area is 98.8 Å². The molecule has 1 rings (SSSR count). The van der Waals surface area contributed by atoms with Crippen LogP contribution in [0.2, 0.25) is 0 Å². The zero-order valence-corrected chi connectivity index (χ0v) is 10.5. The number of likely N-dealkylation sites (tertiary alicyclic amines) is 1. The van der Waals surface area contributed by atoms with Crippen molar-refractivity contribution in [2.24, 2.45) is 5.92 Å². The van der Waals surface area contributed by atoms with Gasteiger partial charge in [-0.05, 0) is 31.6 Å². The van der Waals surface area contributed by atoms with Crippen LogP contribution in [0.5, 0.6) is 0 Å². The first-order valence-corrected chi connectivity index (χ1v) is 6.66. The molecule has 0 aliphatic carbocycles. The molecule has 0 spiro atoms. The minimum absolute atomic E-state index is 0.123. The average molecular weight is 227 g/mol. The van der Waals surface area contributed by atoms with Gasteiger partial charge in [0.15, 0.2) is 0 Å². The number of hydrogen-bond acceptors (Lipinski definition) is 2. The van der Waals surface area contributed by atoms with E-state index in [-0.39, 0.29) is 12.5 Å². The fourth-order valence-corrected chi connectivity index (χ4v) is 2.50. The van der Waals surface area contributed by atoms with Crippen molar-refractivity contribution >= 4 is 5.91 Å². The lowest BCUT2D eigenvalue weighted by Gasteiger charge is -2.20. The van der Waals surface area contributed by atoms with Crippen LogP contribution >= 0.6 is 0 Å². The topological polar surface area (TPSA) is 40.5 Å². The molecule has 0 radical (unpaired) electrons. The summed E-state index contributed by atoms with van der Waals surface area (Å²) in [5.74, 6) is 1.05. The summed E-state index contributed by atoms with van der Waals surface area (Å²) in [6.45, 7) is 4.20. The molecule has 1 atom stereocenters. The Balaban J connectivity index is 2.31. The highest BCUT2D eigenvalue weighted by molar-refractivity contribution is 5.76. The third-order valence-corrected chi connectivity index (χ3v) is 3.45. The second-order valence-corrected chi connectivity index (χ2v) is 4.79. The third kappa shape index (κ3) is 4.52. The number of aliphatic hydroxyl groups excluding tert-OH is 1. The van der Waals surface area contributed by atoms with Crippen LogP contribution in [0.25, 0.3) is 0 Å². The predicted octanol–water partition coefficient (Wildman–Crippen LogP) is 2.19. The monoisotopic (exact) mass is 227 g/mol. The molecular formula is C13H25NO2. The van der Waals surface area contributed by atoms with Gasteiger partial charge in [0, 0.05) is 26.1 Å². The Morgan fingerprint density at radius 3 is 2.88 bits per heavy atom. The number of carbonyl (C=O) groups excluding carboxylic acids is 1. The summed E-state index contributed by atoms with van der Waals surface area (Å²) in [7, 11) is 0. The normalized spacial score (nSPS) is 21.9. The quantitative estimate of drug-likeness (QED) is 0.782. The van der Waals surface area contributed by atoms with Crippen molar-refractivity contribution in [3.8, 4) is 0 Å². The van der Waals surface area contributed by atoms with Crippen molar-refractivity contribution in [1.82, 2.24) is 4.90 Å². The van der Waals surface area contributed by atoms with Gasteiger partial charge < -0.3 is 10.0 Å². The summed E-state index contributed by atoms with van der Waals surface area (Å²) in [4.78, 5) is 13.8. The molecule has 0 aromatic carbocycles. The Bertz CT molecular complexity index is 206. The molecule has 1 aliphatic heterocycles. The van der Waals surface area contributed by atoms with Gasteiger partial charge in [-0.2, -0.15) is 0 Å². The van der Waals surface area contributed by atoms with E-state index >= 15 is 0 Å². The first-order valence-electron chi connectivity index (χ1n) is 6.66. The lowest BCUT2D eigenvalue weighted by Crippen LogP contribution is -2.31. The lowest BCUT2D eigenvalue weighted by molar-refractivity contribution is -0.131. The molecule has 0 bridgehead atoms. The van der Waals surface area contributed by atoms with E-state index in [4.69, 9.17) is 5.11 Å². The minimum Gasteiger partial charge on any atom is -0.396 e. The van der Waals surface area contributed by atoms with Gasteiger partial charge in [-0.1, -0.05) is 19.8 Å². The highest BCUT2D eigenvalue weighted by Crippen LogP contribution is 2.22. The smallest absolute Gasteiger partial charge is 0.222 e. The fourth-order valence-electron chi connectivity index (χ4n) is 2.50. The highest BCUT2D eigenvalue weighted by atomic mass is 16.3. The second-order valence-electron chi connectivity index (χ2n) is 4.79. The molecule has 0 aromatic rings. The van der Waals surface area contributed by atoms with Crippen molar-refractivity contribution in [2.45, 2.75) is 51.9 Å². The van der Waals surface area contributed by atoms with Gasteiger partial charge in [0.05, 0.1) is 0 Å². The summed E-state index contributed by atoms with van der Waals surface area (Å²) < 4.78 is 0. The Kier molecular flexibility index (Phi) is 6.46. The van der Waals surface area contributed by atoms with Crippen LogP contribution < -0.4 is 0 Å². The van der Waals surface area contributed by atoms with Crippen LogP contribution in [0.4, 0.5) is 0 Å². The van der Waals surface area contributed by atoms with Gasteiger partial charge >= 0.3 is 0 Å². The predicted molar refractivity (Wildman–Crippen MR) is 65.1 cm³/mol. The maximum atomic E-state index is 11.8. The molecule has 0 saturated carbocycles. The van der Waals surface area contributed by atoms with Gasteiger partial charge in [0.1, 0.15) is 0 Å². The molecule has 1 aliphatic rings. The molecule has 0 aromatic heterocycles. The lowest BCUT2D eigenvalue weighted by atomic mass is 9.96. The Morgan fingerprint density at radius 2 is 2.19 bits per heavy atom. The van der Waals surface area contributed by atoms with Gasteiger partial charge in [-0.3, -0.25) is 4.79 Å². The number of hydrogen-bond donors (Lipinski definition) is 1. The number of carbonyl (C=O) groups is 1. The van der Waals surface area contributed by atoms with E-state index in [0.29, 0.717) is 12.8 Å². The summed E-state index contributed by atoms with van der Waals surface area (Å²) >= 11 is 0. The molecule has 3 heteroatoms. The molecule has 1 fully saturated rings. The zero-order valence-electron chi connectivity index (χ0n) is 10.5. The van der Waals surface area contributed by atoms with E-state index in [1.807, 2.05) is 4.90 Å². The first kappa shape index (κ1) is 13.5. The molecule has 16 heavy (non-hydrogen) atoms. The molecule has 1 N–H and O–H groups in total. The zero-order chi connectivity index (χ0) is 11.8. The number of amides is 1. The third-order valence-electron chi connectivity index (χ3n) is 3.45. The number of aliphatic hydroxyl groups is 1. The van der Waals surface area contributed by atoms with Crippen molar-refractivity contribution in [1.29, 1.82) is 0 Å². The van der Waals surface area contributed by atoms with Crippen molar-refractivity contribution in [3.63, 3.8) is 0 Å². The largest absolute Gasteiger partial charge is 0.396 e. The van der Waals surface area contributed by atoms with Crippen molar-refractivity contribution in [3.05, 3.63) is 0 Å². The van der Waals surface area contributed by atoms with Crippen LogP contribution in [-0.4, -0.2) is 35.6 Å². The second kappa shape index (κ2) is 7.66. The summed E-state index contributed by atoms with van der Waals surface area (Å²) in [5, 5.41) is 8.71. The standard InChI is InChI=1S/C13H25NO2/c1-2-5-12-6-3-9-14(10-8-12)13(16)7-4-11-15/h12,15H,2-11H2,1H3. The molecular weight excluding hydrogens is 202 g/mol. The number of rotatable bonds is 5. The van der Waals surface area contributed by atoms with Gasteiger partial charge in [-0.15, -0.1) is 0 Å². The van der Waals surface area contributed by atoms with Crippen LogP contribution in [-0.2, 0) is 4.79 Å². The van der Waals surface area contributed by atoms with E-state index in [1.165, 1.54) is 25.7 Å². The Morgan fingerprint density at radius 1 is 1.38 bits per heavy atom. The maximum absolute atomic E-state index is 11.8. The fraction of sp³-hybridized carbons (Fsp3) is 0.923.